The summed E-state index contributed by atoms with van der Waals surface area (Å²) in [4.78, 5) is 7.72. The van der Waals surface area contributed by atoms with Gasteiger partial charge >= 0.3 is 0 Å². The van der Waals surface area contributed by atoms with Crippen molar-refractivity contribution in [1.29, 1.82) is 0 Å². The topological polar surface area (TPSA) is 58.0 Å². The molecular weight excluding hydrogens is 237 g/mol. The van der Waals surface area contributed by atoms with Crippen LogP contribution in [0.2, 0.25) is 10.3 Å². The highest BCUT2D eigenvalue weighted by Gasteiger charge is 2.41. The molecule has 4 nitrogen and oxygen atoms in total. The van der Waals surface area contributed by atoms with Crippen molar-refractivity contribution in [3.63, 3.8) is 0 Å². The van der Waals surface area contributed by atoms with Crippen LogP contribution in [-0.4, -0.2) is 28.2 Å². The molecule has 1 fully saturated rings. The number of aliphatic hydroxyl groups is 1. The first-order valence-corrected chi connectivity index (χ1v) is 5.44. The van der Waals surface area contributed by atoms with Crippen molar-refractivity contribution in [2.45, 2.75) is 12.8 Å². The van der Waals surface area contributed by atoms with Crippen LogP contribution in [0, 0.1) is 5.41 Å². The van der Waals surface area contributed by atoms with E-state index in [1.54, 1.807) is 0 Å². The Hall–Kier alpha value is -0.580. The number of halogens is 2. The van der Waals surface area contributed by atoms with Crippen molar-refractivity contribution >= 4 is 29.0 Å². The van der Waals surface area contributed by atoms with E-state index in [1.807, 2.05) is 0 Å². The van der Waals surface area contributed by atoms with Gasteiger partial charge in [0.05, 0.1) is 12.8 Å². The number of hydrogen-bond donors (Lipinski definition) is 2. The number of nitrogens with one attached hydrogen (secondary N) is 1. The molecule has 0 bridgehead atoms. The Morgan fingerprint density at radius 1 is 1.47 bits per heavy atom. The Labute approximate surface area is 97.6 Å². The SMILES string of the molecule is OCC1(CNc2nc(Cl)ncc2Cl)CC1. The van der Waals surface area contributed by atoms with E-state index >= 15 is 0 Å². The molecule has 1 aliphatic rings. The van der Waals surface area contributed by atoms with Crippen LogP contribution in [0.3, 0.4) is 0 Å². The van der Waals surface area contributed by atoms with Crippen LogP contribution >= 0.6 is 23.2 Å². The first-order valence-electron chi connectivity index (χ1n) is 4.68. The smallest absolute Gasteiger partial charge is 0.224 e. The number of aliphatic hydroxyl groups excluding tert-OH is 1. The highest BCUT2D eigenvalue weighted by molar-refractivity contribution is 6.33. The van der Waals surface area contributed by atoms with Crippen molar-refractivity contribution in [2.24, 2.45) is 5.41 Å². The molecule has 0 saturated heterocycles. The van der Waals surface area contributed by atoms with Gasteiger partial charge in [-0.2, -0.15) is 4.98 Å². The summed E-state index contributed by atoms with van der Waals surface area (Å²) < 4.78 is 0. The van der Waals surface area contributed by atoms with Gasteiger partial charge in [-0.05, 0) is 24.4 Å². The Morgan fingerprint density at radius 2 is 2.20 bits per heavy atom. The number of anilines is 1. The first kappa shape index (κ1) is 10.9. The van der Waals surface area contributed by atoms with Crippen molar-refractivity contribution in [3.05, 3.63) is 16.5 Å². The maximum Gasteiger partial charge on any atom is 0.224 e. The maximum absolute atomic E-state index is 9.13. The first-order chi connectivity index (χ1) is 7.15. The van der Waals surface area contributed by atoms with E-state index in [4.69, 9.17) is 28.3 Å². The monoisotopic (exact) mass is 247 g/mol. The zero-order valence-electron chi connectivity index (χ0n) is 8.00. The molecule has 1 aliphatic carbocycles. The predicted octanol–water partition coefficient (Wildman–Crippen LogP) is 1.97. The number of rotatable bonds is 4. The van der Waals surface area contributed by atoms with Crippen molar-refractivity contribution in [2.75, 3.05) is 18.5 Å². The van der Waals surface area contributed by atoms with Gasteiger partial charge in [-0.3, -0.25) is 0 Å². The molecule has 0 spiro atoms. The molecule has 0 atom stereocenters. The van der Waals surface area contributed by atoms with Crippen LogP contribution < -0.4 is 5.32 Å². The van der Waals surface area contributed by atoms with Gasteiger partial charge < -0.3 is 10.4 Å². The summed E-state index contributed by atoms with van der Waals surface area (Å²) >= 11 is 11.5. The second kappa shape index (κ2) is 4.12. The summed E-state index contributed by atoms with van der Waals surface area (Å²) in [5.41, 5.74) is 0.0146. The summed E-state index contributed by atoms with van der Waals surface area (Å²) in [6.45, 7) is 0.854. The second-order valence-corrected chi connectivity index (χ2v) is 4.59. The lowest BCUT2D eigenvalue weighted by Gasteiger charge is -2.13. The lowest BCUT2D eigenvalue weighted by molar-refractivity contribution is 0.219. The Bertz CT molecular complexity index is 368. The number of nitrogens with zero attached hydrogens (tertiary/aromatic N) is 2. The van der Waals surface area contributed by atoms with Crippen molar-refractivity contribution in [1.82, 2.24) is 9.97 Å². The zero-order valence-corrected chi connectivity index (χ0v) is 9.52. The van der Waals surface area contributed by atoms with Gasteiger partial charge in [0.15, 0.2) is 0 Å². The third-order valence-corrected chi connectivity index (χ3v) is 3.10. The summed E-state index contributed by atoms with van der Waals surface area (Å²) in [5.74, 6) is 0.524. The second-order valence-electron chi connectivity index (χ2n) is 3.85. The van der Waals surface area contributed by atoms with Crippen molar-refractivity contribution in [3.8, 4) is 0 Å². The molecule has 0 amide bonds. The van der Waals surface area contributed by atoms with Crippen LogP contribution in [0.5, 0.6) is 0 Å². The summed E-state index contributed by atoms with van der Waals surface area (Å²) in [6.07, 6.45) is 3.53. The lowest BCUT2D eigenvalue weighted by Crippen LogP contribution is -2.19. The average molecular weight is 248 g/mol. The summed E-state index contributed by atoms with van der Waals surface area (Å²) in [7, 11) is 0. The normalized spacial score (nSPS) is 17.5. The van der Waals surface area contributed by atoms with Gasteiger partial charge in [0, 0.05) is 12.0 Å². The molecule has 1 heterocycles. The average Bonchev–Trinajstić information content (AvgIpc) is 3.00. The van der Waals surface area contributed by atoms with E-state index in [0.29, 0.717) is 17.4 Å². The zero-order chi connectivity index (χ0) is 10.9. The highest BCUT2D eigenvalue weighted by atomic mass is 35.5. The minimum atomic E-state index is 0.0146. The fourth-order valence-corrected chi connectivity index (χ4v) is 1.60. The van der Waals surface area contributed by atoms with Crippen LogP contribution in [0.25, 0.3) is 0 Å². The van der Waals surface area contributed by atoms with Gasteiger partial charge in [-0.25, -0.2) is 4.98 Å². The fourth-order valence-electron chi connectivity index (χ4n) is 1.31. The van der Waals surface area contributed by atoms with Crippen molar-refractivity contribution < 1.29 is 5.11 Å². The Kier molecular flexibility index (Phi) is 3.00. The van der Waals surface area contributed by atoms with Crippen LogP contribution in [0.4, 0.5) is 5.82 Å². The van der Waals surface area contributed by atoms with Gasteiger partial charge in [-0.15, -0.1) is 0 Å². The van der Waals surface area contributed by atoms with Gasteiger partial charge in [0.25, 0.3) is 0 Å². The molecule has 6 heteroatoms. The molecule has 82 valence electrons. The quantitative estimate of drug-likeness (QED) is 0.800. The molecule has 1 aromatic rings. The Balaban J connectivity index is 2.01. The van der Waals surface area contributed by atoms with Crippen LogP contribution in [0.15, 0.2) is 6.20 Å². The summed E-state index contributed by atoms with van der Waals surface area (Å²) in [6, 6.07) is 0. The highest BCUT2D eigenvalue weighted by Crippen LogP contribution is 2.45. The van der Waals surface area contributed by atoms with Gasteiger partial charge in [-0.1, -0.05) is 11.6 Å². The fraction of sp³-hybridized carbons (Fsp3) is 0.556. The van der Waals surface area contributed by atoms with Crippen LogP contribution in [0.1, 0.15) is 12.8 Å². The minimum absolute atomic E-state index is 0.0146. The molecule has 0 aromatic carbocycles. The Morgan fingerprint density at radius 3 is 2.80 bits per heavy atom. The van der Waals surface area contributed by atoms with Crippen LogP contribution in [-0.2, 0) is 0 Å². The molecule has 0 aliphatic heterocycles. The molecular formula is C9H11Cl2N3O. The number of hydrogen-bond acceptors (Lipinski definition) is 4. The molecule has 0 unspecified atom stereocenters. The molecule has 1 aromatic heterocycles. The molecule has 2 N–H and O–H groups in total. The molecule has 2 rings (SSSR count). The molecule has 0 radical (unpaired) electrons. The van der Waals surface area contributed by atoms with E-state index in [-0.39, 0.29) is 17.3 Å². The third-order valence-electron chi connectivity index (χ3n) is 2.64. The lowest BCUT2D eigenvalue weighted by atomic mass is 10.1. The summed E-state index contributed by atoms with van der Waals surface area (Å²) in [5, 5.41) is 12.8. The third kappa shape index (κ3) is 2.51. The standard InChI is InChI=1S/C9H11Cl2N3O/c10-6-3-12-8(11)14-7(6)13-4-9(5-15)1-2-9/h3,15H,1-2,4-5H2,(H,12,13,14). The molecule has 1 saturated carbocycles. The van der Waals surface area contributed by atoms with E-state index in [2.05, 4.69) is 15.3 Å². The predicted molar refractivity (Wildman–Crippen MR) is 59.3 cm³/mol. The van der Waals surface area contributed by atoms with E-state index in [0.717, 1.165) is 12.8 Å². The largest absolute Gasteiger partial charge is 0.396 e. The minimum Gasteiger partial charge on any atom is -0.396 e. The van der Waals surface area contributed by atoms with Gasteiger partial charge in [0.1, 0.15) is 10.8 Å². The van der Waals surface area contributed by atoms with Gasteiger partial charge in [0.2, 0.25) is 5.28 Å². The van der Waals surface area contributed by atoms with E-state index in [1.165, 1.54) is 6.20 Å². The maximum atomic E-state index is 9.13. The van der Waals surface area contributed by atoms with E-state index < -0.39 is 0 Å². The number of aromatic nitrogens is 2. The van der Waals surface area contributed by atoms with E-state index in [9.17, 15) is 0 Å². The molecule has 15 heavy (non-hydrogen) atoms.